The fourth-order valence-electron chi connectivity index (χ4n) is 2.90. The third-order valence-corrected chi connectivity index (χ3v) is 5.06. The molecule has 0 atom stereocenters. The summed E-state index contributed by atoms with van der Waals surface area (Å²) >= 11 is 1.70. The molecule has 22 heavy (non-hydrogen) atoms. The van der Waals surface area contributed by atoms with Crippen LogP contribution in [0.5, 0.6) is 0 Å². The molecule has 0 spiro atoms. The van der Waals surface area contributed by atoms with Crippen LogP contribution >= 0.6 is 11.3 Å². The van der Waals surface area contributed by atoms with Gasteiger partial charge in [0.05, 0.1) is 11.1 Å². The maximum atomic E-state index is 12.3. The summed E-state index contributed by atoms with van der Waals surface area (Å²) in [6, 6.07) is 15.2. The third kappa shape index (κ3) is 1.96. The number of rotatable bonds is 3. The van der Waals surface area contributed by atoms with E-state index in [1.54, 1.807) is 35.6 Å². The standard InChI is InChI=1S/C18H13NO2S/c20-17-14-6-1-2-7-15(14)18(21)19(17)10-9-12-11-22-16-8-4-3-5-13(12)16/h1-8,11H,9-10H2. The van der Waals surface area contributed by atoms with Crippen molar-refractivity contribution in [2.24, 2.45) is 0 Å². The van der Waals surface area contributed by atoms with Crippen LogP contribution in [0.25, 0.3) is 10.1 Å². The molecule has 2 aromatic carbocycles. The predicted octanol–water partition coefficient (Wildman–Crippen LogP) is 3.74. The number of thiophene rings is 1. The Morgan fingerprint density at radius 1 is 0.864 bits per heavy atom. The molecule has 1 aliphatic rings. The van der Waals surface area contributed by atoms with Crippen LogP contribution in [0, 0.1) is 0 Å². The van der Waals surface area contributed by atoms with Crippen LogP contribution in [-0.4, -0.2) is 23.3 Å². The number of imide groups is 1. The van der Waals surface area contributed by atoms with E-state index in [9.17, 15) is 9.59 Å². The highest BCUT2D eigenvalue weighted by molar-refractivity contribution is 7.17. The molecule has 0 aliphatic carbocycles. The minimum absolute atomic E-state index is 0.180. The van der Waals surface area contributed by atoms with E-state index in [0.29, 0.717) is 24.1 Å². The molecule has 0 saturated carbocycles. The van der Waals surface area contributed by atoms with Crippen molar-refractivity contribution >= 4 is 33.2 Å². The smallest absolute Gasteiger partial charge is 0.261 e. The molecule has 1 aliphatic heterocycles. The van der Waals surface area contributed by atoms with Gasteiger partial charge in [-0.15, -0.1) is 11.3 Å². The number of carbonyl (C=O) groups is 2. The molecule has 0 saturated heterocycles. The van der Waals surface area contributed by atoms with E-state index in [0.717, 1.165) is 0 Å². The third-order valence-electron chi connectivity index (χ3n) is 4.04. The summed E-state index contributed by atoms with van der Waals surface area (Å²) < 4.78 is 1.24. The number of nitrogens with zero attached hydrogens (tertiary/aromatic N) is 1. The van der Waals surface area contributed by atoms with Gasteiger partial charge in [0.1, 0.15) is 0 Å². The Morgan fingerprint density at radius 3 is 2.23 bits per heavy atom. The summed E-state index contributed by atoms with van der Waals surface area (Å²) in [6.45, 7) is 0.424. The van der Waals surface area contributed by atoms with Gasteiger partial charge in [-0.05, 0) is 40.9 Å². The van der Waals surface area contributed by atoms with Crippen molar-refractivity contribution in [1.29, 1.82) is 0 Å². The van der Waals surface area contributed by atoms with Crippen LogP contribution in [0.15, 0.2) is 53.9 Å². The molecular weight excluding hydrogens is 294 g/mol. The molecule has 108 valence electrons. The number of benzene rings is 2. The monoisotopic (exact) mass is 307 g/mol. The van der Waals surface area contributed by atoms with E-state index in [1.807, 2.05) is 12.1 Å². The summed E-state index contributed by atoms with van der Waals surface area (Å²) in [6.07, 6.45) is 0.690. The molecule has 2 heterocycles. The number of fused-ring (bicyclic) bond motifs is 2. The largest absolute Gasteiger partial charge is 0.274 e. The van der Waals surface area contributed by atoms with Gasteiger partial charge in [-0.3, -0.25) is 14.5 Å². The van der Waals surface area contributed by atoms with Crippen LogP contribution in [0.3, 0.4) is 0 Å². The molecule has 0 unspecified atom stereocenters. The number of hydrogen-bond donors (Lipinski definition) is 0. The summed E-state index contributed by atoms with van der Waals surface area (Å²) in [7, 11) is 0. The topological polar surface area (TPSA) is 37.4 Å². The van der Waals surface area contributed by atoms with E-state index in [2.05, 4.69) is 17.5 Å². The van der Waals surface area contributed by atoms with Gasteiger partial charge >= 0.3 is 0 Å². The van der Waals surface area contributed by atoms with E-state index < -0.39 is 0 Å². The molecule has 1 aromatic heterocycles. The molecule has 0 bridgehead atoms. The van der Waals surface area contributed by atoms with E-state index in [4.69, 9.17) is 0 Å². The molecule has 4 heteroatoms. The van der Waals surface area contributed by atoms with Crippen LogP contribution < -0.4 is 0 Å². The van der Waals surface area contributed by atoms with E-state index in [-0.39, 0.29) is 11.8 Å². The van der Waals surface area contributed by atoms with E-state index in [1.165, 1.54) is 20.5 Å². The number of amides is 2. The minimum atomic E-state index is -0.180. The van der Waals surface area contributed by atoms with Gasteiger partial charge in [0.15, 0.2) is 0 Å². The fourth-order valence-corrected chi connectivity index (χ4v) is 3.90. The van der Waals surface area contributed by atoms with Gasteiger partial charge in [-0.1, -0.05) is 30.3 Å². The Morgan fingerprint density at radius 2 is 1.50 bits per heavy atom. The second kappa shape index (κ2) is 5.07. The maximum absolute atomic E-state index is 12.3. The first kappa shape index (κ1) is 13.2. The Labute approximate surface area is 131 Å². The second-order valence-electron chi connectivity index (χ2n) is 5.31. The zero-order chi connectivity index (χ0) is 15.1. The summed E-state index contributed by atoms with van der Waals surface area (Å²) in [5, 5.41) is 3.33. The van der Waals surface area contributed by atoms with E-state index >= 15 is 0 Å². The lowest BCUT2D eigenvalue weighted by Crippen LogP contribution is -2.31. The Hall–Kier alpha value is -2.46. The number of hydrogen-bond acceptors (Lipinski definition) is 3. The van der Waals surface area contributed by atoms with Gasteiger partial charge in [0, 0.05) is 11.2 Å². The van der Waals surface area contributed by atoms with Crippen LogP contribution in [0.4, 0.5) is 0 Å². The Balaban J connectivity index is 1.58. The fraction of sp³-hybridized carbons (Fsp3) is 0.111. The maximum Gasteiger partial charge on any atom is 0.261 e. The van der Waals surface area contributed by atoms with Crippen molar-refractivity contribution in [3.8, 4) is 0 Å². The molecule has 2 amide bonds. The molecule has 3 aromatic rings. The first-order chi connectivity index (χ1) is 10.8. The Bertz CT molecular complexity index is 862. The second-order valence-corrected chi connectivity index (χ2v) is 6.23. The Kier molecular flexibility index (Phi) is 3.05. The van der Waals surface area contributed by atoms with Crippen molar-refractivity contribution in [3.63, 3.8) is 0 Å². The van der Waals surface area contributed by atoms with Gasteiger partial charge < -0.3 is 0 Å². The van der Waals surface area contributed by atoms with Crippen molar-refractivity contribution in [2.75, 3.05) is 6.54 Å². The lowest BCUT2D eigenvalue weighted by Gasteiger charge is -2.13. The van der Waals surface area contributed by atoms with Crippen LogP contribution in [0.2, 0.25) is 0 Å². The molecule has 0 fully saturated rings. The summed E-state index contributed by atoms with van der Waals surface area (Å²) in [5.41, 5.74) is 2.22. The average molecular weight is 307 g/mol. The van der Waals surface area contributed by atoms with Crippen molar-refractivity contribution in [2.45, 2.75) is 6.42 Å². The summed E-state index contributed by atoms with van der Waals surface area (Å²) in [4.78, 5) is 26.0. The predicted molar refractivity (Wildman–Crippen MR) is 87.3 cm³/mol. The minimum Gasteiger partial charge on any atom is -0.274 e. The van der Waals surface area contributed by atoms with Crippen LogP contribution in [-0.2, 0) is 6.42 Å². The molecule has 0 radical (unpaired) electrons. The first-order valence-corrected chi connectivity index (χ1v) is 8.04. The lowest BCUT2D eigenvalue weighted by atomic mass is 10.1. The zero-order valence-corrected chi connectivity index (χ0v) is 12.6. The highest BCUT2D eigenvalue weighted by Crippen LogP contribution is 2.27. The lowest BCUT2D eigenvalue weighted by molar-refractivity contribution is 0.0656. The van der Waals surface area contributed by atoms with Crippen LogP contribution in [0.1, 0.15) is 26.3 Å². The summed E-state index contributed by atoms with van der Waals surface area (Å²) in [5.74, 6) is -0.361. The van der Waals surface area contributed by atoms with Gasteiger partial charge in [0.2, 0.25) is 0 Å². The SMILES string of the molecule is O=C1c2ccccc2C(=O)N1CCc1csc2ccccc12. The van der Waals surface area contributed by atoms with Crippen molar-refractivity contribution in [3.05, 3.63) is 70.6 Å². The van der Waals surface area contributed by atoms with Gasteiger partial charge in [-0.25, -0.2) is 0 Å². The average Bonchev–Trinajstić information content (AvgIpc) is 3.07. The molecule has 4 rings (SSSR count). The highest BCUT2D eigenvalue weighted by atomic mass is 32.1. The number of carbonyl (C=O) groups excluding carboxylic acids is 2. The molecule has 0 N–H and O–H groups in total. The normalized spacial score (nSPS) is 13.9. The zero-order valence-electron chi connectivity index (χ0n) is 11.8. The molecule has 3 nitrogen and oxygen atoms in total. The highest BCUT2D eigenvalue weighted by Gasteiger charge is 2.34. The van der Waals surface area contributed by atoms with Crippen molar-refractivity contribution in [1.82, 2.24) is 4.90 Å². The first-order valence-electron chi connectivity index (χ1n) is 7.16. The van der Waals surface area contributed by atoms with Gasteiger partial charge in [-0.2, -0.15) is 0 Å². The van der Waals surface area contributed by atoms with Crippen molar-refractivity contribution < 1.29 is 9.59 Å². The quantitative estimate of drug-likeness (QED) is 0.691. The van der Waals surface area contributed by atoms with Gasteiger partial charge in [0.25, 0.3) is 11.8 Å². The molecular formula is C18H13NO2S.